The van der Waals surface area contributed by atoms with Crippen molar-refractivity contribution in [3.05, 3.63) is 78.1 Å². The number of para-hydroxylation sites is 1. The van der Waals surface area contributed by atoms with Crippen LogP contribution in [0.4, 0.5) is 5.69 Å². The van der Waals surface area contributed by atoms with Crippen LogP contribution < -0.4 is 14.8 Å². The number of anilines is 1. The van der Waals surface area contributed by atoms with Crippen molar-refractivity contribution in [2.45, 2.75) is 5.75 Å². The highest BCUT2D eigenvalue weighted by atomic mass is 32.2. The standard InChI is InChI=1S/C21H20N2O5S/c1-27-16-7-5-8-17(12-16)28-18-10-11-20(22-13-18)21(24)23-19-9-4-3-6-15(19)14-29(2,25)26/h3-13H,14H2,1-2H3,(H,23,24). The molecule has 7 nitrogen and oxygen atoms in total. The predicted molar refractivity (Wildman–Crippen MR) is 110 cm³/mol. The number of carbonyl (C=O) groups is 1. The molecule has 1 aromatic heterocycles. The molecule has 1 heterocycles. The van der Waals surface area contributed by atoms with Crippen molar-refractivity contribution in [1.82, 2.24) is 4.98 Å². The van der Waals surface area contributed by atoms with E-state index in [1.54, 1.807) is 61.7 Å². The highest BCUT2D eigenvalue weighted by Crippen LogP contribution is 2.25. The zero-order valence-electron chi connectivity index (χ0n) is 16.0. The Bertz CT molecular complexity index is 1110. The first kappa shape index (κ1) is 20.3. The smallest absolute Gasteiger partial charge is 0.274 e. The second-order valence-electron chi connectivity index (χ2n) is 6.34. The van der Waals surface area contributed by atoms with Crippen molar-refractivity contribution >= 4 is 21.4 Å². The average molecular weight is 412 g/mol. The Kier molecular flexibility index (Phi) is 6.13. The number of methoxy groups -OCH3 is 1. The summed E-state index contributed by atoms with van der Waals surface area (Å²) in [7, 11) is -1.66. The molecule has 1 N–H and O–H groups in total. The lowest BCUT2D eigenvalue weighted by molar-refractivity contribution is 0.102. The number of sulfone groups is 1. The van der Waals surface area contributed by atoms with Crippen molar-refractivity contribution in [1.29, 1.82) is 0 Å². The van der Waals surface area contributed by atoms with Crippen LogP contribution in [0.3, 0.4) is 0 Å². The van der Waals surface area contributed by atoms with E-state index in [0.717, 1.165) is 6.26 Å². The maximum atomic E-state index is 12.5. The molecule has 150 valence electrons. The van der Waals surface area contributed by atoms with Crippen LogP contribution in [0, 0.1) is 0 Å². The van der Waals surface area contributed by atoms with E-state index in [1.165, 1.54) is 12.3 Å². The first-order chi connectivity index (χ1) is 13.8. The summed E-state index contributed by atoms with van der Waals surface area (Å²) in [5.41, 5.74) is 1.12. The van der Waals surface area contributed by atoms with Gasteiger partial charge in [-0.25, -0.2) is 13.4 Å². The summed E-state index contributed by atoms with van der Waals surface area (Å²) in [6.07, 6.45) is 2.59. The normalized spacial score (nSPS) is 11.0. The second kappa shape index (κ2) is 8.74. The van der Waals surface area contributed by atoms with Gasteiger partial charge in [0.2, 0.25) is 0 Å². The fourth-order valence-electron chi connectivity index (χ4n) is 2.61. The summed E-state index contributed by atoms with van der Waals surface area (Å²) in [6.45, 7) is 0. The van der Waals surface area contributed by atoms with E-state index in [4.69, 9.17) is 9.47 Å². The number of nitrogens with zero attached hydrogens (tertiary/aromatic N) is 1. The number of benzene rings is 2. The summed E-state index contributed by atoms with van der Waals surface area (Å²) >= 11 is 0. The van der Waals surface area contributed by atoms with Crippen molar-refractivity contribution in [3.63, 3.8) is 0 Å². The molecule has 3 aromatic rings. The molecule has 2 aromatic carbocycles. The maximum Gasteiger partial charge on any atom is 0.274 e. The summed E-state index contributed by atoms with van der Waals surface area (Å²) in [4.78, 5) is 16.6. The van der Waals surface area contributed by atoms with Gasteiger partial charge in [0.1, 0.15) is 22.9 Å². The molecule has 0 radical (unpaired) electrons. The lowest BCUT2D eigenvalue weighted by Gasteiger charge is -2.11. The van der Waals surface area contributed by atoms with Gasteiger partial charge in [0.05, 0.1) is 19.1 Å². The number of hydrogen-bond acceptors (Lipinski definition) is 6. The highest BCUT2D eigenvalue weighted by Gasteiger charge is 2.13. The van der Waals surface area contributed by atoms with Gasteiger partial charge in [0.15, 0.2) is 9.84 Å². The van der Waals surface area contributed by atoms with Gasteiger partial charge in [-0.2, -0.15) is 0 Å². The number of rotatable bonds is 7. The van der Waals surface area contributed by atoms with Crippen molar-refractivity contribution < 1.29 is 22.7 Å². The van der Waals surface area contributed by atoms with Crippen LogP contribution in [0.2, 0.25) is 0 Å². The molecular formula is C21H20N2O5S. The van der Waals surface area contributed by atoms with E-state index < -0.39 is 15.7 Å². The van der Waals surface area contributed by atoms with E-state index >= 15 is 0 Å². The number of ether oxygens (including phenoxy) is 2. The molecule has 1 amide bonds. The Hall–Kier alpha value is -3.39. The number of hydrogen-bond donors (Lipinski definition) is 1. The lowest BCUT2D eigenvalue weighted by atomic mass is 10.2. The zero-order chi connectivity index (χ0) is 20.9. The highest BCUT2D eigenvalue weighted by molar-refractivity contribution is 7.89. The first-order valence-electron chi connectivity index (χ1n) is 8.69. The summed E-state index contributed by atoms with van der Waals surface area (Å²) < 4.78 is 34.0. The number of amides is 1. The van der Waals surface area contributed by atoms with Crippen LogP contribution >= 0.6 is 0 Å². The Labute approximate surface area is 169 Å². The fraction of sp³-hybridized carbons (Fsp3) is 0.143. The Morgan fingerprint density at radius 1 is 1.00 bits per heavy atom. The lowest BCUT2D eigenvalue weighted by Crippen LogP contribution is -2.15. The van der Waals surface area contributed by atoms with E-state index in [2.05, 4.69) is 10.3 Å². The number of aromatic nitrogens is 1. The molecule has 0 saturated carbocycles. The second-order valence-corrected chi connectivity index (χ2v) is 8.48. The molecule has 29 heavy (non-hydrogen) atoms. The molecular weight excluding hydrogens is 392 g/mol. The van der Waals surface area contributed by atoms with Crippen LogP contribution in [-0.2, 0) is 15.6 Å². The minimum Gasteiger partial charge on any atom is -0.497 e. The van der Waals surface area contributed by atoms with Gasteiger partial charge in [-0.15, -0.1) is 0 Å². The summed E-state index contributed by atoms with van der Waals surface area (Å²) in [5, 5.41) is 2.71. The van der Waals surface area contributed by atoms with Crippen LogP contribution in [0.25, 0.3) is 0 Å². The van der Waals surface area contributed by atoms with Crippen LogP contribution in [0.1, 0.15) is 16.1 Å². The van der Waals surface area contributed by atoms with Gasteiger partial charge in [0.25, 0.3) is 5.91 Å². The topological polar surface area (TPSA) is 94.6 Å². The SMILES string of the molecule is COc1cccc(Oc2ccc(C(=O)Nc3ccccc3CS(C)(=O)=O)nc2)c1. The van der Waals surface area contributed by atoms with E-state index in [1.807, 2.05) is 0 Å². The maximum absolute atomic E-state index is 12.5. The number of carbonyl (C=O) groups excluding carboxylic acids is 1. The van der Waals surface area contributed by atoms with Crippen LogP contribution in [0.5, 0.6) is 17.2 Å². The van der Waals surface area contributed by atoms with Gasteiger partial charge < -0.3 is 14.8 Å². The summed E-state index contributed by atoms with van der Waals surface area (Å²) in [6, 6.07) is 17.0. The zero-order valence-corrected chi connectivity index (χ0v) is 16.8. The van der Waals surface area contributed by atoms with Gasteiger partial charge in [-0.05, 0) is 35.9 Å². The van der Waals surface area contributed by atoms with Crippen LogP contribution in [0.15, 0.2) is 66.9 Å². The Morgan fingerprint density at radius 3 is 2.45 bits per heavy atom. The van der Waals surface area contributed by atoms with Crippen molar-refractivity contribution in [3.8, 4) is 17.2 Å². The summed E-state index contributed by atoms with van der Waals surface area (Å²) in [5.74, 6) is 1.10. The Balaban J connectivity index is 1.71. The molecule has 0 atom stereocenters. The quantitative estimate of drug-likeness (QED) is 0.636. The van der Waals surface area contributed by atoms with Gasteiger partial charge in [-0.1, -0.05) is 24.3 Å². The minimum atomic E-state index is -3.23. The van der Waals surface area contributed by atoms with Gasteiger partial charge >= 0.3 is 0 Å². The van der Waals surface area contributed by atoms with E-state index in [-0.39, 0.29) is 11.4 Å². The van der Waals surface area contributed by atoms with E-state index in [0.29, 0.717) is 28.5 Å². The van der Waals surface area contributed by atoms with Crippen molar-refractivity contribution in [2.75, 3.05) is 18.7 Å². The van der Waals surface area contributed by atoms with Gasteiger partial charge in [0, 0.05) is 18.0 Å². The largest absolute Gasteiger partial charge is 0.497 e. The molecule has 0 saturated heterocycles. The molecule has 8 heteroatoms. The van der Waals surface area contributed by atoms with Gasteiger partial charge in [-0.3, -0.25) is 4.79 Å². The third kappa shape index (κ3) is 5.79. The predicted octanol–water partition coefficient (Wildman–Crippen LogP) is 3.68. The molecule has 0 aliphatic rings. The molecule has 0 fully saturated rings. The average Bonchev–Trinajstić information content (AvgIpc) is 2.69. The fourth-order valence-corrected chi connectivity index (χ4v) is 3.43. The first-order valence-corrected chi connectivity index (χ1v) is 10.7. The third-order valence-corrected chi connectivity index (χ3v) is 4.76. The van der Waals surface area contributed by atoms with Crippen molar-refractivity contribution in [2.24, 2.45) is 0 Å². The molecule has 0 unspecified atom stereocenters. The number of pyridine rings is 1. The molecule has 0 aliphatic carbocycles. The molecule has 3 rings (SSSR count). The molecule has 0 aliphatic heterocycles. The monoisotopic (exact) mass is 412 g/mol. The van der Waals surface area contributed by atoms with E-state index in [9.17, 15) is 13.2 Å². The number of nitrogens with one attached hydrogen (secondary N) is 1. The Morgan fingerprint density at radius 2 is 1.76 bits per heavy atom. The van der Waals surface area contributed by atoms with Crippen LogP contribution in [-0.4, -0.2) is 32.7 Å². The molecule has 0 spiro atoms. The third-order valence-electron chi connectivity index (χ3n) is 3.93. The molecule has 0 bridgehead atoms. The minimum absolute atomic E-state index is 0.163.